The van der Waals surface area contributed by atoms with Crippen molar-refractivity contribution in [3.63, 3.8) is 0 Å². The molecule has 0 atom stereocenters. The van der Waals surface area contributed by atoms with E-state index < -0.39 is 11.4 Å². The van der Waals surface area contributed by atoms with Gasteiger partial charge in [-0.3, -0.25) is 19.3 Å². The van der Waals surface area contributed by atoms with Crippen LogP contribution in [0.15, 0.2) is 42.5 Å². The largest absolute Gasteiger partial charge is 0.481 e. The van der Waals surface area contributed by atoms with E-state index in [-0.39, 0.29) is 24.5 Å². The highest BCUT2D eigenvalue weighted by atomic mass is 32.1. The van der Waals surface area contributed by atoms with E-state index in [2.05, 4.69) is 23.9 Å². The zero-order valence-electron chi connectivity index (χ0n) is 23.4. The zero-order chi connectivity index (χ0) is 28.3. The van der Waals surface area contributed by atoms with Crippen molar-refractivity contribution in [1.29, 1.82) is 0 Å². The Bertz CT molecular complexity index is 1370. The third-order valence-electron chi connectivity index (χ3n) is 8.24. The van der Waals surface area contributed by atoms with Crippen molar-refractivity contribution in [2.75, 3.05) is 53.4 Å². The number of fused-ring (bicyclic) bond motifs is 2. The molecule has 1 aliphatic heterocycles. The van der Waals surface area contributed by atoms with Crippen molar-refractivity contribution in [2.45, 2.75) is 38.5 Å². The molecule has 1 aliphatic carbocycles. The Balaban J connectivity index is 1.19. The molecular formula is C31H38N4O4S. The predicted molar refractivity (Wildman–Crippen MR) is 157 cm³/mol. The number of carboxylic acid groups (broad SMARTS) is 1. The summed E-state index contributed by atoms with van der Waals surface area (Å²) in [6.45, 7) is 5.37. The number of carbonyl (C=O) groups excluding carboxylic acids is 2. The summed E-state index contributed by atoms with van der Waals surface area (Å²) in [5.41, 5.74) is 2.67. The number of piperazine rings is 1. The Hall–Kier alpha value is -3.14. The first-order valence-corrected chi connectivity index (χ1v) is 14.9. The van der Waals surface area contributed by atoms with Gasteiger partial charge in [0.25, 0.3) is 5.91 Å². The number of amides is 1. The summed E-state index contributed by atoms with van der Waals surface area (Å²) in [6.07, 6.45) is 2.65. The van der Waals surface area contributed by atoms with Gasteiger partial charge in [-0.15, -0.1) is 11.3 Å². The number of aromatic nitrogens is 1. The topological polar surface area (TPSA) is 94.0 Å². The standard InChI is InChI=1S/C31H38N4O4S/c1-33(2)12-5-13-34-14-16-35(17-15-34)30(39)22-8-9-26-25(18-22)32-28(40-26)11-10-27(36)31(21-29(37)38)19-23-6-3-4-7-24(23)20-31/h3-4,6-9,18H,5,10-17,19-21H2,1-2H3,(H,37,38). The second-order valence-electron chi connectivity index (χ2n) is 11.5. The Morgan fingerprint density at radius 1 is 1.02 bits per heavy atom. The average molecular weight is 563 g/mol. The van der Waals surface area contributed by atoms with E-state index in [4.69, 9.17) is 4.98 Å². The van der Waals surface area contributed by atoms with E-state index in [1.807, 2.05) is 47.4 Å². The van der Waals surface area contributed by atoms with Crippen LogP contribution in [0.2, 0.25) is 0 Å². The van der Waals surface area contributed by atoms with E-state index in [0.717, 1.165) is 72.0 Å². The highest BCUT2D eigenvalue weighted by molar-refractivity contribution is 7.18. The smallest absolute Gasteiger partial charge is 0.304 e. The van der Waals surface area contributed by atoms with Gasteiger partial charge in [-0.2, -0.15) is 0 Å². The molecule has 2 heterocycles. The van der Waals surface area contributed by atoms with E-state index in [9.17, 15) is 19.5 Å². The Morgan fingerprint density at radius 2 is 1.73 bits per heavy atom. The number of carbonyl (C=O) groups is 3. The minimum atomic E-state index is -0.941. The molecule has 1 saturated heterocycles. The maximum atomic E-state index is 13.4. The normalized spacial score (nSPS) is 16.9. The van der Waals surface area contributed by atoms with Gasteiger partial charge in [0.05, 0.1) is 21.6 Å². The van der Waals surface area contributed by atoms with Crippen molar-refractivity contribution in [3.05, 3.63) is 64.2 Å². The quantitative estimate of drug-likeness (QED) is 0.380. The molecule has 0 radical (unpaired) electrons. The highest BCUT2D eigenvalue weighted by Gasteiger charge is 2.44. The number of aryl methyl sites for hydroxylation is 1. The molecule has 5 rings (SSSR count). The fraction of sp³-hybridized carbons (Fsp3) is 0.484. The second kappa shape index (κ2) is 12.2. The number of ketones is 1. The van der Waals surface area contributed by atoms with Crippen LogP contribution in [-0.2, 0) is 28.9 Å². The van der Waals surface area contributed by atoms with Crippen LogP contribution in [0, 0.1) is 5.41 Å². The summed E-state index contributed by atoms with van der Waals surface area (Å²) in [6, 6.07) is 13.5. The van der Waals surface area contributed by atoms with Crippen molar-refractivity contribution in [3.8, 4) is 0 Å². The number of hydrogen-bond donors (Lipinski definition) is 1. The highest BCUT2D eigenvalue weighted by Crippen LogP contribution is 2.41. The summed E-state index contributed by atoms with van der Waals surface area (Å²) < 4.78 is 0.984. The molecule has 212 valence electrons. The van der Waals surface area contributed by atoms with Crippen LogP contribution in [0.1, 0.15) is 45.8 Å². The van der Waals surface area contributed by atoms with Gasteiger partial charge in [0.15, 0.2) is 0 Å². The van der Waals surface area contributed by atoms with Crippen LogP contribution in [0.5, 0.6) is 0 Å². The SMILES string of the molecule is CN(C)CCCN1CCN(C(=O)c2ccc3sc(CCC(=O)C4(CC(=O)O)Cc5ccccc5C4)nc3c2)CC1. The third kappa shape index (κ3) is 6.43. The third-order valence-corrected chi connectivity index (χ3v) is 9.34. The van der Waals surface area contributed by atoms with Crippen molar-refractivity contribution in [1.82, 2.24) is 19.7 Å². The van der Waals surface area contributed by atoms with E-state index in [1.165, 1.54) is 11.3 Å². The molecule has 1 fully saturated rings. The molecule has 0 bridgehead atoms. The Morgan fingerprint density at radius 3 is 2.38 bits per heavy atom. The fourth-order valence-corrected chi connectivity index (χ4v) is 7.02. The van der Waals surface area contributed by atoms with Crippen molar-refractivity contribution >= 4 is 39.2 Å². The number of hydrogen-bond acceptors (Lipinski definition) is 7. The molecule has 0 saturated carbocycles. The number of benzene rings is 2. The maximum Gasteiger partial charge on any atom is 0.304 e. The first-order valence-electron chi connectivity index (χ1n) is 14.1. The fourth-order valence-electron chi connectivity index (χ4n) is 6.07. The molecule has 2 aromatic carbocycles. The van der Waals surface area contributed by atoms with Crippen LogP contribution in [-0.4, -0.2) is 95.8 Å². The number of nitrogens with zero attached hydrogens (tertiary/aromatic N) is 4. The van der Waals surface area contributed by atoms with Crippen LogP contribution in [0.3, 0.4) is 0 Å². The molecule has 1 aromatic heterocycles. The van der Waals surface area contributed by atoms with Gasteiger partial charge in [-0.05, 0) is 75.8 Å². The minimum Gasteiger partial charge on any atom is -0.481 e. The lowest BCUT2D eigenvalue weighted by Crippen LogP contribution is -2.49. The molecule has 2 aliphatic rings. The number of rotatable bonds is 11. The lowest BCUT2D eigenvalue weighted by molar-refractivity contribution is -0.144. The molecule has 3 aromatic rings. The van der Waals surface area contributed by atoms with E-state index in [1.54, 1.807) is 0 Å². The van der Waals surface area contributed by atoms with Gasteiger partial charge >= 0.3 is 5.97 Å². The first-order chi connectivity index (χ1) is 19.2. The molecule has 1 amide bonds. The summed E-state index contributed by atoms with van der Waals surface area (Å²) in [5.74, 6) is -0.915. The Kier molecular flexibility index (Phi) is 8.63. The van der Waals surface area contributed by atoms with Crippen LogP contribution in [0.4, 0.5) is 0 Å². The summed E-state index contributed by atoms with van der Waals surface area (Å²) in [4.78, 5) is 49.7. The lowest BCUT2D eigenvalue weighted by atomic mass is 9.76. The lowest BCUT2D eigenvalue weighted by Gasteiger charge is -2.35. The average Bonchev–Trinajstić information content (AvgIpc) is 3.52. The molecule has 9 heteroatoms. The monoisotopic (exact) mass is 562 g/mol. The molecule has 40 heavy (non-hydrogen) atoms. The van der Waals surface area contributed by atoms with Gasteiger partial charge in [-0.1, -0.05) is 24.3 Å². The van der Waals surface area contributed by atoms with Crippen molar-refractivity contribution in [2.24, 2.45) is 5.41 Å². The molecule has 0 spiro atoms. The van der Waals surface area contributed by atoms with Crippen LogP contribution in [0.25, 0.3) is 10.2 Å². The number of aliphatic carboxylic acids is 1. The van der Waals surface area contributed by atoms with E-state index >= 15 is 0 Å². The summed E-state index contributed by atoms with van der Waals surface area (Å²) >= 11 is 1.53. The minimum absolute atomic E-state index is 0.0120. The van der Waals surface area contributed by atoms with Crippen LogP contribution < -0.4 is 0 Å². The zero-order valence-corrected chi connectivity index (χ0v) is 24.2. The van der Waals surface area contributed by atoms with E-state index in [0.29, 0.717) is 24.8 Å². The first kappa shape index (κ1) is 28.4. The number of thiazole rings is 1. The van der Waals surface area contributed by atoms with Gasteiger partial charge in [0.2, 0.25) is 0 Å². The number of Topliss-reactive ketones (excluding diaryl/α,β-unsaturated/α-hetero) is 1. The molecular weight excluding hydrogens is 524 g/mol. The second-order valence-corrected chi connectivity index (χ2v) is 12.6. The number of carboxylic acids is 1. The van der Waals surface area contributed by atoms with Gasteiger partial charge in [0.1, 0.15) is 5.78 Å². The van der Waals surface area contributed by atoms with Gasteiger partial charge in [-0.25, -0.2) is 4.98 Å². The summed E-state index contributed by atoms with van der Waals surface area (Å²) in [7, 11) is 4.18. The van der Waals surface area contributed by atoms with Crippen molar-refractivity contribution < 1.29 is 19.5 Å². The molecule has 0 unspecified atom stereocenters. The summed E-state index contributed by atoms with van der Waals surface area (Å²) in [5, 5.41) is 10.4. The predicted octanol–water partition coefficient (Wildman–Crippen LogP) is 3.77. The van der Waals surface area contributed by atoms with Gasteiger partial charge in [0, 0.05) is 50.0 Å². The molecule has 8 nitrogen and oxygen atoms in total. The molecule has 1 N–H and O–H groups in total. The van der Waals surface area contributed by atoms with Crippen LogP contribution >= 0.6 is 11.3 Å². The van der Waals surface area contributed by atoms with Gasteiger partial charge < -0.3 is 14.9 Å². The Labute approximate surface area is 239 Å². The maximum absolute atomic E-state index is 13.4.